The van der Waals surface area contributed by atoms with E-state index in [1.165, 1.54) is 16.7 Å². The molecule has 0 spiro atoms. The first-order valence-electron chi connectivity index (χ1n) is 8.16. The summed E-state index contributed by atoms with van der Waals surface area (Å²) in [6.07, 6.45) is 2.92. The van der Waals surface area contributed by atoms with Gasteiger partial charge in [-0.05, 0) is 42.9 Å². The number of rotatable bonds is 5. The molecule has 2 rings (SSSR count). The third-order valence-electron chi connectivity index (χ3n) is 4.21. The van der Waals surface area contributed by atoms with E-state index < -0.39 is 0 Å². The Balaban J connectivity index is 2.54. The zero-order chi connectivity index (χ0) is 16.1. The van der Waals surface area contributed by atoms with Crippen LogP contribution in [0.1, 0.15) is 49.9 Å². The number of nitrogen functional groups attached to an aromatic ring is 1. The van der Waals surface area contributed by atoms with Crippen LogP contribution in [-0.2, 0) is 19.3 Å². The molecular weight excluding hydrogens is 268 g/mol. The summed E-state index contributed by atoms with van der Waals surface area (Å²) in [7, 11) is 0. The molecule has 2 aromatic rings. The van der Waals surface area contributed by atoms with E-state index >= 15 is 0 Å². The summed E-state index contributed by atoms with van der Waals surface area (Å²) in [5.74, 6) is 0. The summed E-state index contributed by atoms with van der Waals surface area (Å²) in [5.41, 5.74) is 14.1. The van der Waals surface area contributed by atoms with Gasteiger partial charge in [0.25, 0.3) is 0 Å². The largest absolute Gasteiger partial charge is 0.398 e. The van der Waals surface area contributed by atoms with Gasteiger partial charge in [0.2, 0.25) is 0 Å². The Bertz CT molecular complexity index is 662. The molecule has 22 heavy (non-hydrogen) atoms. The molecule has 0 atom stereocenters. The average molecular weight is 294 g/mol. The predicted octanol–water partition coefficient (Wildman–Crippen LogP) is 5.10. The Morgan fingerprint density at radius 1 is 0.864 bits per heavy atom. The maximum Gasteiger partial charge on any atom is 0.0696 e. The van der Waals surface area contributed by atoms with E-state index in [1.807, 2.05) is 0 Å². The molecule has 0 aliphatic rings. The van der Waals surface area contributed by atoms with Crippen LogP contribution in [0.3, 0.4) is 0 Å². The summed E-state index contributed by atoms with van der Waals surface area (Å²) in [4.78, 5) is 4.94. The van der Waals surface area contributed by atoms with E-state index in [4.69, 9.17) is 10.7 Å². The number of benzene rings is 2. The normalized spacial score (nSPS) is 11.7. The number of para-hydroxylation sites is 2. The Hall–Kier alpha value is -2.09. The molecular formula is C20H26N2. The van der Waals surface area contributed by atoms with Gasteiger partial charge in [-0.1, -0.05) is 57.2 Å². The van der Waals surface area contributed by atoms with Crippen molar-refractivity contribution in [3.8, 4) is 0 Å². The topological polar surface area (TPSA) is 38.4 Å². The van der Waals surface area contributed by atoms with E-state index in [0.29, 0.717) is 0 Å². The van der Waals surface area contributed by atoms with Crippen LogP contribution in [0.15, 0.2) is 41.4 Å². The molecule has 0 saturated heterocycles. The highest BCUT2D eigenvalue weighted by Crippen LogP contribution is 2.28. The minimum Gasteiger partial charge on any atom is -0.398 e. The van der Waals surface area contributed by atoms with Crippen LogP contribution in [0.4, 0.5) is 11.4 Å². The zero-order valence-corrected chi connectivity index (χ0v) is 14.1. The van der Waals surface area contributed by atoms with Crippen LogP contribution in [-0.4, -0.2) is 5.71 Å². The quantitative estimate of drug-likeness (QED) is 0.605. The highest BCUT2D eigenvalue weighted by atomic mass is 14.8. The minimum absolute atomic E-state index is 0.860. The summed E-state index contributed by atoms with van der Waals surface area (Å²) in [5, 5.41) is 0. The van der Waals surface area contributed by atoms with E-state index in [9.17, 15) is 0 Å². The molecule has 0 unspecified atom stereocenters. The summed E-state index contributed by atoms with van der Waals surface area (Å²) in [6, 6.07) is 12.7. The van der Waals surface area contributed by atoms with Gasteiger partial charge in [-0.3, -0.25) is 4.99 Å². The standard InChI is InChI=1S/C20H26N2/c1-5-15-10-9-13-18(19(15)21)14(4)22-20-16(6-2)11-8-12-17(20)7-3/h8-13H,5-7,21H2,1-4H3. The third kappa shape index (κ3) is 3.22. The number of nitrogens with two attached hydrogens (primary N) is 1. The lowest BCUT2D eigenvalue weighted by atomic mass is 10.0. The molecule has 2 N–H and O–H groups in total. The van der Waals surface area contributed by atoms with Crippen LogP contribution in [0.2, 0.25) is 0 Å². The van der Waals surface area contributed by atoms with Gasteiger partial charge >= 0.3 is 0 Å². The smallest absolute Gasteiger partial charge is 0.0696 e. The van der Waals surface area contributed by atoms with Crippen molar-refractivity contribution in [2.75, 3.05) is 5.73 Å². The van der Waals surface area contributed by atoms with E-state index in [2.05, 4.69) is 64.1 Å². The van der Waals surface area contributed by atoms with Crippen molar-refractivity contribution < 1.29 is 0 Å². The van der Waals surface area contributed by atoms with Crippen molar-refractivity contribution in [1.29, 1.82) is 0 Å². The fourth-order valence-corrected chi connectivity index (χ4v) is 2.82. The van der Waals surface area contributed by atoms with Gasteiger partial charge < -0.3 is 5.73 Å². The number of nitrogens with zero attached hydrogens (tertiary/aromatic N) is 1. The molecule has 0 aliphatic carbocycles. The maximum atomic E-state index is 6.31. The molecule has 2 nitrogen and oxygen atoms in total. The lowest BCUT2D eigenvalue weighted by Gasteiger charge is -2.13. The first kappa shape index (κ1) is 16.3. The number of anilines is 1. The summed E-state index contributed by atoms with van der Waals surface area (Å²) in [6.45, 7) is 8.53. The molecule has 0 saturated carbocycles. The van der Waals surface area contributed by atoms with Crippen LogP contribution < -0.4 is 5.73 Å². The molecule has 2 aromatic carbocycles. The fraction of sp³-hybridized carbons (Fsp3) is 0.350. The molecule has 0 aromatic heterocycles. The van der Waals surface area contributed by atoms with E-state index in [1.54, 1.807) is 0 Å². The van der Waals surface area contributed by atoms with E-state index in [0.717, 1.165) is 41.9 Å². The van der Waals surface area contributed by atoms with Crippen molar-refractivity contribution in [2.45, 2.75) is 47.0 Å². The third-order valence-corrected chi connectivity index (χ3v) is 4.21. The highest BCUT2D eigenvalue weighted by molar-refractivity contribution is 6.05. The van der Waals surface area contributed by atoms with Gasteiger partial charge in [0.05, 0.1) is 5.69 Å². The Morgan fingerprint density at radius 2 is 1.36 bits per heavy atom. The first-order valence-corrected chi connectivity index (χ1v) is 8.16. The van der Waals surface area contributed by atoms with Crippen LogP contribution >= 0.6 is 0 Å². The summed E-state index contributed by atoms with van der Waals surface area (Å²) >= 11 is 0. The minimum atomic E-state index is 0.860. The predicted molar refractivity (Wildman–Crippen MR) is 97.3 cm³/mol. The maximum absolute atomic E-state index is 6.31. The molecule has 2 heteroatoms. The lowest BCUT2D eigenvalue weighted by Crippen LogP contribution is -2.04. The Kier molecular flexibility index (Phi) is 5.37. The van der Waals surface area contributed by atoms with Crippen molar-refractivity contribution in [1.82, 2.24) is 0 Å². The van der Waals surface area contributed by atoms with Gasteiger partial charge in [0.15, 0.2) is 0 Å². The van der Waals surface area contributed by atoms with Crippen molar-refractivity contribution in [3.05, 3.63) is 58.7 Å². The first-order chi connectivity index (χ1) is 10.6. The molecule has 0 aliphatic heterocycles. The van der Waals surface area contributed by atoms with Gasteiger partial charge in [-0.25, -0.2) is 0 Å². The number of hydrogen-bond donors (Lipinski definition) is 1. The summed E-state index contributed by atoms with van der Waals surface area (Å²) < 4.78 is 0. The Morgan fingerprint density at radius 3 is 1.91 bits per heavy atom. The van der Waals surface area contributed by atoms with Crippen LogP contribution in [0.5, 0.6) is 0 Å². The van der Waals surface area contributed by atoms with Crippen LogP contribution in [0.25, 0.3) is 0 Å². The second kappa shape index (κ2) is 7.26. The van der Waals surface area contributed by atoms with Crippen molar-refractivity contribution in [3.63, 3.8) is 0 Å². The Labute approximate surface area is 134 Å². The van der Waals surface area contributed by atoms with Crippen molar-refractivity contribution in [2.24, 2.45) is 4.99 Å². The zero-order valence-electron chi connectivity index (χ0n) is 14.1. The SMILES string of the molecule is CCc1cccc(C(C)=Nc2c(CC)cccc2CC)c1N. The van der Waals surface area contributed by atoms with Crippen molar-refractivity contribution >= 4 is 17.1 Å². The van der Waals surface area contributed by atoms with Gasteiger partial charge in [0.1, 0.15) is 0 Å². The van der Waals surface area contributed by atoms with Crippen LogP contribution in [0, 0.1) is 0 Å². The van der Waals surface area contributed by atoms with Gasteiger partial charge in [-0.2, -0.15) is 0 Å². The molecule has 116 valence electrons. The second-order valence-electron chi connectivity index (χ2n) is 5.56. The molecule has 0 radical (unpaired) electrons. The molecule has 0 heterocycles. The molecule has 0 amide bonds. The highest BCUT2D eigenvalue weighted by Gasteiger charge is 2.09. The molecule has 0 fully saturated rings. The van der Waals surface area contributed by atoms with Gasteiger partial charge in [0, 0.05) is 17.0 Å². The number of aliphatic imine (C=N–C) groups is 1. The lowest BCUT2D eigenvalue weighted by molar-refractivity contribution is 1.08. The second-order valence-corrected chi connectivity index (χ2v) is 5.56. The van der Waals surface area contributed by atoms with Gasteiger partial charge in [-0.15, -0.1) is 0 Å². The van der Waals surface area contributed by atoms with E-state index in [-0.39, 0.29) is 0 Å². The number of hydrogen-bond acceptors (Lipinski definition) is 2. The monoisotopic (exact) mass is 294 g/mol. The number of aryl methyl sites for hydroxylation is 3. The molecule has 0 bridgehead atoms. The average Bonchev–Trinajstić information content (AvgIpc) is 2.55. The fourth-order valence-electron chi connectivity index (χ4n) is 2.82.